The summed E-state index contributed by atoms with van der Waals surface area (Å²) in [6, 6.07) is 21.6. The number of carbonyl (C=O) groups is 2. The first-order valence-corrected chi connectivity index (χ1v) is 11.1. The number of anilines is 1. The number of para-hydroxylation sites is 1. The fourth-order valence-electron chi connectivity index (χ4n) is 3.86. The Kier molecular flexibility index (Phi) is 6.01. The first kappa shape index (κ1) is 22.0. The van der Waals surface area contributed by atoms with E-state index in [0.29, 0.717) is 58.1 Å². The van der Waals surface area contributed by atoms with Crippen LogP contribution in [0.25, 0.3) is 22.2 Å². The standard InChI is InChI=1S/C28H21N3O4/c1-2-18-6-5-7-20(14-18)30-27(32)17-29-28(33)22-16-24(31-23-9-4-3-8-21(22)23)19-10-11-25-26(15-19)35-13-12-34-25/h1,3-11,14-16H,12-13,17H2,(H,29,33)(H,30,32). The maximum Gasteiger partial charge on any atom is 0.252 e. The van der Waals surface area contributed by atoms with Gasteiger partial charge in [-0.05, 0) is 48.5 Å². The van der Waals surface area contributed by atoms with Gasteiger partial charge in [0.05, 0.1) is 23.3 Å². The number of nitrogens with zero attached hydrogens (tertiary/aromatic N) is 1. The summed E-state index contributed by atoms with van der Waals surface area (Å²) < 4.78 is 11.3. The maximum absolute atomic E-state index is 13.1. The van der Waals surface area contributed by atoms with Crippen LogP contribution < -0.4 is 20.1 Å². The third-order valence-corrected chi connectivity index (χ3v) is 5.52. The molecule has 3 aromatic carbocycles. The van der Waals surface area contributed by atoms with Gasteiger partial charge in [-0.3, -0.25) is 9.59 Å². The van der Waals surface area contributed by atoms with Crippen LogP contribution in [0.5, 0.6) is 11.5 Å². The van der Waals surface area contributed by atoms with E-state index in [1.165, 1.54) is 0 Å². The van der Waals surface area contributed by atoms with E-state index in [-0.39, 0.29) is 18.4 Å². The van der Waals surface area contributed by atoms with Crippen LogP contribution in [0.3, 0.4) is 0 Å². The van der Waals surface area contributed by atoms with Crippen molar-refractivity contribution in [2.45, 2.75) is 0 Å². The highest BCUT2D eigenvalue weighted by molar-refractivity contribution is 6.08. The number of nitrogens with one attached hydrogen (secondary N) is 2. The number of hydrogen-bond donors (Lipinski definition) is 2. The second-order valence-corrected chi connectivity index (χ2v) is 7.89. The van der Waals surface area contributed by atoms with Crippen molar-refractivity contribution < 1.29 is 19.1 Å². The number of ether oxygens (including phenoxy) is 2. The molecule has 7 heteroatoms. The molecule has 0 unspecified atom stereocenters. The maximum atomic E-state index is 13.1. The van der Waals surface area contributed by atoms with Crippen LogP contribution in [-0.4, -0.2) is 36.6 Å². The van der Waals surface area contributed by atoms with E-state index in [1.54, 1.807) is 30.3 Å². The second kappa shape index (κ2) is 9.57. The molecule has 7 nitrogen and oxygen atoms in total. The minimum Gasteiger partial charge on any atom is -0.486 e. The van der Waals surface area contributed by atoms with Crippen molar-refractivity contribution in [1.82, 2.24) is 10.3 Å². The van der Waals surface area contributed by atoms with Crippen LogP contribution in [-0.2, 0) is 4.79 Å². The Labute approximate surface area is 202 Å². The van der Waals surface area contributed by atoms with Gasteiger partial charge in [0.25, 0.3) is 5.91 Å². The van der Waals surface area contributed by atoms with Crippen LogP contribution >= 0.6 is 0 Å². The molecule has 2 N–H and O–H groups in total. The van der Waals surface area contributed by atoms with Gasteiger partial charge in [-0.1, -0.05) is 30.2 Å². The van der Waals surface area contributed by atoms with Crippen molar-refractivity contribution in [3.05, 3.63) is 83.9 Å². The van der Waals surface area contributed by atoms with Crippen LogP contribution in [0.2, 0.25) is 0 Å². The molecule has 0 atom stereocenters. The molecule has 0 saturated carbocycles. The monoisotopic (exact) mass is 463 g/mol. The molecule has 2 amide bonds. The predicted molar refractivity (Wildman–Crippen MR) is 134 cm³/mol. The lowest BCUT2D eigenvalue weighted by atomic mass is 10.0. The van der Waals surface area contributed by atoms with E-state index in [9.17, 15) is 9.59 Å². The zero-order valence-corrected chi connectivity index (χ0v) is 18.7. The van der Waals surface area contributed by atoms with Gasteiger partial charge >= 0.3 is 0 Å². The van der Waals surface area contributed by atoms with Crippen molar-refractivity contribution in [2.24, 2.45) is 0 Å². The zero-order valence-electron chi connectivity index (χ0n) is 18.7. The molecule has 0 radical (unpaired) electrons. The van der Waals surface area contributed by atoms with Crippen LogP contribution in [0, 0.1) is 12.3 Å². The number of aromatic nitrogens is 1. The van der Waals surface area contributed by atoms with E-state index >= 15 is 0 Å². The molecule has 35 heavy (non-hydrogen) atoms. The number of terminal acetylenes is 1. The van der Waals surface area contributed by atoms with Crippen molar-refractivity contribution in [1.29, 1.82) is 0 Å². The van der Waals surface area contributed by atoms with E-state index < -0.39 is 0 Å². The molecule has 1 aromatic heterocycles. The van der Waals surface area contributed by atoms with Gasteiger partial charge in [0, 0.05) is 22.2 Å². The molecule has 1 aliphatic rings. The van der Waals surface area contributed by atoms with E-state index in [0.717, 1.165) is 5.56 Å². The lowest BCUT2D eigenvalue weighted by molar-refractivity contribution is -0.115. The Hall–Kier alpha value is -4.83. The summed E-state index contributed by atoms with van der Waals surface area (Å²) in [5, 5.41) is 6.13. The van der Waals surface area contributed by atoms with Gasteiger partial charge in [-0.25, -0.2) is 4.98 Å². The van der Waals surface area contributed by atoms with Gasteiger partial charge in [0.2, 0.25) is 5.91 Å². The SMILES string of the molecule is C#Cc1cccc(NC(=O)CNC(=O)c2cc(-c3ccc4c(c3)OCCO4)nc3ccccc23)c1. The fourth-order valence-corrected chi connectivity index (χ4v) is 3.86. The molecular formula is C28H21N3O4. The van der Waals surface area contributed by atoms with Crippen LogP contribution in [0.4, 0.5) is 5.69 Å². The summed E-state index contributed by atoms with van der Waals surface area (Å²) in [4.78, 5) is 30.3. The van der Waals surface area contributed by atoms with E-state index in [2.05, 4.69) is 16.6 Å². The van der Waals surface area contributed by atoms with Gasteiger partial charge in [-0.15, -0.1) is 6.42 Å². The van der Waals surface area contributed by atoms with E-state index in [1.807, 2.05) is 42.5 Å². The highest BCUT2D eigenvalue weighted by Gasteiger charge is 2.17. The molecule has 0 aliphatic carbocycles. The molecule has 0 spiro atoms. The molecule has 0 fully saturated rings. The summed E-state index contributed by atoms with van der Waals surface area (Å²) in [6.45, 7) is 0.785. The van der Waals surface area contributed by atoms with Crippen LogP contribution in [0.15, 0.2) is 72.8 Å². The van der Waals surface area contributed by atoms with Crippen LogP contribution in [0.1, 0.15) is 15.9 Å². The minimum atomic E-state index is -0.380. The van der Waals surface area contributed by atoms with E-state index in [4.69, 9.17) is 20.9 Å². The second-order valence-electron chi connectivity index (χ2n) is 7.89. The van der Waals surface area contributed by atoms with Crippen molar-refractivity contribution >= 4 is 28.4 Å². The first-order valence-electron chi connectivity index (χ1n) is 11.1. The lowest BCUT2D eigenvalue weighted by Gasteiger charge is -2.19. The van der Waals surface area contributed by atoms with Crippen molar-refractivity contribution in [3.63, 3.8) is 0 Å². The van der Waals surface area contributed by atoms with Gasteiger partial charge in [0.1, 0.15) is 13.2 Å². The van der Waals surface area contributed by atoms with Gasteiger partial charge < -0.3 is 20.1 Å². The third kappa shape index (κ3) is 4.77. The van der Waals surface area contributed by atoms with Crippen molar-refractivity contribution in [2.75, 3.05) is 25.1 Å². The number of rotatable bonds is 5. The lowest BCUT2D eigenvalue weighted by Crippen LogP contribution is -2.33. The fraction of sp³-hybridized carbons (Fsp3) is 0.107. The number of amides is 2. The Morgan fingerprint density at radius 3 is 2.63 bits per heavy atom. The molecule has 4 aromatic rings. The molecule has 1 aliphatic heterocycles. The topological polar surface area (TPSA) is 89.6 Å². The predicted octanol–water partition coefficient (Wildman–Crippen LogP) is 4.02. The highest BCUT2D eigenvalue weighted by atomic mass is 16.6. The Bertz CT molecular complexity index is 1490. The van der Waals surface area contributed by atoms with Gasteiger partial charge in [0.15, 0.2) is 11.5 Å². The Balaban J connectivity index is 1.38. The van der Waals surface area contributed by atoms with Crippen molar-refractivity contribution in [3.8, 4) is 35.1 Å². The number of benzene rings is 3. The molecule has 2 heterocycles. The molecule has 172 valence electrons. The minimum absolute atomic E-state index is 0.199. The molecular weight excluding hydrogens is 442 g/mol. The normalized spacial score (nSPS) is 12.0. The number of fused-ring (bicyclic) bond motifs is 2. The number of hydrogen-bond acceptors (Lipinski definition) is 5. The molecule has 5 rings (SSSR count). The summed E-state index contributed by atoms with van der Waals surface area (Å²) >= 11 is 0. The number of pyridine rings is 1. The Morgan fingerprint density at radius 1 is 0.943 bits per heavy atom. The quantitative estimate of drug-likeness (QED) is 0.437. The third-order valence-electron chi connectivity index (χ3n) is 5.52. The highest BCUT2D eigenvalue weighted by Crippen LogP contribution is 2.35. The van der Waals surface area contributed by atoms with Gasteiger partial charge in [-0.2, -0.15) is 0 Å². The summed E-state index contributed by atoms with van der Waals surface area (Å²) in [7, 11) is 0. The largest absolute Gasteiger partial charge is 0.486 e. The smallest absolute Gasteiger partial charge is 0.252 e. The summed E-state index contributed by atoms with van der Waals surface area (Å²) in [5.41, 5.74) is 3.71. The Morgan fingerprint density at radius 2 is 1.77 bits per heavy atom. The first-order chi connectivity index (χ1) is 17.1. The molecule has 0 bridgehead atoms. The zero-order chi connectivity index (χ0) is 24.2. The number of carbonyl (C=O) groups excluding carboxylic acids is 2. The summed E-state index contributed by atoms with van der Waals surface area (Å²) in [6.07, 6.45) is 5.41. The summed E-state index contributed by atoms with van der Waals surface area (Å²) in [5.74, 6) is 3.10. The molecule has 0 saturated heterocycles. The average Bonchev–Trinajstić information content (AvgIpc) is 2.91. The average molecular weight is 463 g/mol.